The van der Waals surface area contributed by atoms with Gasteiger partial charge in [0.15, 0.2) is 0 Å². The Morgan fingerprint density at radius 1 is 1.50 bits per heavy atom. The molecule has 0 unspecified atom stereocenters. The van der Waals surface area contributed by atoms with Crippen LogP contribution in [0.5, 0.6) is 0 Å². The molecule has 1 N–H and O–H groups in total. The van der Waals surface area contributed by atoms with Crippen LogP contribution in [0.25, 0.3) is 0 Å². The number of amides is 1. The number of carbonyl (C=O) groups excluding carboxylic acids is 1. The van der Waals surface area contributed by atoms with Gasteiger partial charge in [0, 0.05) is 5.69 Å². The quantitative estimate of drug-likeness (QED) is 0.898. The van der Waals surface area contributed by atoms with E-state index in [0.29, 0.717) is 15.7 Å². The minimum Gasteiger partial charge on any atom is -0.447 e. The third-order valence-corrected chi connectivity index (χ3v) is 2.45. The second-order valence-electron chi connectivity index (χ2n) is 3.66. The van der Waals surface area contributed by atoms with Crippen LogP contribution < -0.4 is 5.32 Å². The summed E-state index contributed by atoms with van der Waals surface area (Å²) in [5.74, 6) is -0.361. The van der Waals surface area contributed by atoms with Crippen molar-refractivity contribution in [3.63, 3.8) is 0 Å². The van der Waals surface area contributed by atoms with Gasteiger partial charge in [-0.3, -0.25) is 5.32 Å². The number of benzene rings is 1. The van der Waals surface area contributed by atoms with Gasteiger partial charge in [0.25, 0.3) is 0 Å². The Labute approximate surface area is 102 Å². The average Bonchev–Trinajstić information content (AvgIpc) is 2.12. The van der Waals surface area contributed by atoms with E-state index in [2.05, 4.69) is 21.2 Å². The maximum absolute atomic E-state index is 13.1. The predicted molar refractivity (Wildman–Crippen MR) is 64.1 cm³/mol. The number of aryl methyl sites for hydroxylation is 1. The van der Waals surface area contributed by atoms with E-state index in [9.17, 15) is 9.18 Å². The number of anilines is 1. The molecule has 1 amide bonds. The SMILES string of the molecule is Cc1cc(F)c(Br)cc1NC(=O)OC(C)C. The first kappa shape index (κ1) is 13.0. The van der Waals surface area contributed by atoms with Gasteiger partial charge in [0.2, 0.25) is 0 Å². The molecule has 0 radical (unpaired) electrons. The van der Waals surface area contributed by atoms with Crippen molar-refractivity contribution in [2.75, 3.05) is 5.32 Å². The third kappa shape index (κ3) is 3.48. The zero-order valence-corrected chi connectivity index (χ0v) is 10.9. The van der Waals surface area contributed by atoms with Crippen LogP contribution in [0.2, 0.25) is 0 Å². The van der Waals surface area contributed by atoms with E-state index >= 15 is 0 Å². The molecule has 16 heavy (non-hydrogen) atoms. The molecule has 0 aliphatic heterocycles. The Morgan fingerprint density at radius 2 is 2.12 bits per heavy atom. The fraction of sp³-hybridized carbons (Fsp3) is 0.364. The Morgan fingerprint density at radius 3 is 2.69 bits per heavy atom. The number of hydrogen-bond donors (Lipinski definition) is 1. The van der Waals surface area contributed by atoms with Crippen LogP contribution >= 0.6 is 15.9 Å². The zero-order valence-electron chi connectivity index (χ0n) is 9.30. The minimum absolute atomic E-state index is 0.191. The van der Waals surface area contributed by atoms with E-state index in [1.165, 1.54) is 12.1 Å². The first-order valence-electron chi connectivity index (χ1n) is 4.83. The van der Waals surface area contributed by atoms with Gasteiger partial charge in [0.1, 0.15) is 5.82 Å². The van der Waals surface area contributed by atoms with Gasteiger partial charge in [-0.25, -0.2) is 9.18 Å². The maximum atomic E-state index is 13.1. The largest absolute Gasteiger partial charge is 0.447 e. The summed E-state index contributed by atoms with van der Waals surface area (Å²) in [4.78, 5) is 11.3. The molecule has 5 heteroatoms. The molecule has 0 aliphatic rings. The van der Waals surface area contributed by atoms with Crippen LogP contribution in [0.15, 0.2) is 16.6 Å². The Kier molecular flexibility index (Phi) is 4.29. The highest BCUT2D eigenvalue weighted by Crippen LogP contribution is 2.24. The van der Waals surface area contributed by atoms with Gasteiger partial charge in [-0.1, -0.05) is 0 Å². The van der Waals surface area contributed by atoms with Crippen molar-refractivity contribution in [1.29, 1.82) is 0 Å². The van der Waals surface area contributed by atoms with Crippen LogP contribution in [0.3, 0.4) is 0 Å². The van der Waals surface area contributed by atoms with Gasteiger partial charge in [-0.15, -0.1) is 0 Å². The molecule has 0 heterocycles. The lowest BCUT2D eigenvalue weighted by Gasteiger charge is -2.11. The summed E-state index contributed by atoms with van der Waals surface area (Å²) in [5.41, 5.74) is 1.17. The molecule has 0 saturated heterocycles. The Hall–Kier alpha value is -1.10. The molecule has 0 aliphatic carbocycles. The van der Waals surface area contributed by atoms with Gasteiger partial charge in [-0.05, 0) is 54.4 Å². The van der Waals surface area contributed by atoms with Crippen molar-refractivity contribution in [2.45, 2.75) is 26.9 Å². The molecule has 0 bridgehead atoms. The van der Waals surface area contributed by atoms with E-state index < -0.39 is 6.09 Å². The number of carbonyl (C=O) groups is 1. The molecular formula is C11H13BrFNO2. The van der Waals surface area contributed by atoms with E-state index in [1.54, 1.807) is 20.8 Å². The second-order valence-corrected chi connectivity index (χ2v) is 4.51. The lowest BCUT2D eigenvalue weighted by Crippen LogP contribution is -2.18. The summed E-state index contributed by atoms with van der Waals surface area (Å²) >= 11 is 3.05. The highest BCUT2D eigenvalue weighted by Gasteiger charge is 2.10. The normalized spacial score (nSPS) is 10.4. The van der Waals surface area contributed by atoms with Gasteiger partial charge >= 0.3 is 6.09 Å². The molecule has 0 saturated carbocycles. The van der Waals surface area contributed by atoms with E-state index in [1.807, 2.05) is 0 Å². The predicted octanol–water partition coefficient (Wildman–Crippen LogP) is 3.85. The lowest BCUT2D eigenvalue weighted by atomic mass is 10.2. The average molecular weight is 290 g/mol. The smallest absolute Gasteiger partial charge is 0.411 e. The molecule has 1 aromatic rings. The summed E-state index contributed by atoms with van der Waals surface area (Å²) < 4.78 is 18.3. The molecule has 0 spiro atoms. The summed E-state index contributed by atoms with van der Waals surface area (Å²) in [6.45, 7) is 5.22. The Bertz CT molecular complexity index is 407. The van der Waals surface area contributed by atoms with Crippen molar-refractivity contribution in [3.05, 3.63) is 28.0 Å². The van der Waals surface area contributed by atoms with Crippen LogP contribution in [-0.4, -0.2) is 12.2 Å². The van der Waals surface area contributed by atoms with Crippen LogP contribution in [0.4, 0.5) is 14.9 Å². The highest BCUT2D eigenvalue weighted by atomic mass is 79.9. The summed E-state index contributed by atoms with van der Waals surface area (Å²) in [6, 6.07) is 2.85. The summed E-state index contributed by atoms with van der Waals surface area (Å²) in [6.07, 6.45) is -0.735. The number of rotatable bonds is 2. The molecule has 1 rings (SSSR count). The lowest BCUT2D eigenvalue weighted by molar-refractivity contribution is 0.130. The number of ether oxygens (including phenoxy) is 1. The number of nitrogens with one attached hydrogen (secondary N) is 1. The minimum atomic E-state index is -0.545. The van der Waals surface area contributed by atoms with Crippen molar-refractivity contribution < 1.29 is 13.9 Å². The molecule has 0 fully saturated rings. The van der Waals surface area contributed by atoms with Gasteiger partial charge in [-0.2, -0.15) is 0 Å². The molecule has 88 valence electrons. The molecule has 0 aromatic heterocycles. The monoisotopic (exact) mass is 289 g/mol. The first-order valence-corrected chi connectivity index (χ1v) is 5.62. The second kappa shape index (κ2) is 5.30. The molecular weight excluding hydrogens is 277 g/mol. The van der Waals surface area contributed by atoms with Crippen molar-refractivity contribution >= 4 is 27.7 Å². The number of halogens is 2. The fourth-order valence-corrected chi connectivity index (χ4v) is 1.48. The third-order valence-electron chi connectivity index (χ3n) is 1.85. The van der Waals surface area contributed by atoms with Gasteiger partial charge < -0.3 is 4.74 Å². The fourth-order valence-electron chi connectivity index (χ4n) is 1.13. The maximum Gasteiger partial charge on any atom is 0.411 e. The molecule has 1 aromatic carbocycles. The van der Waals surface area contributed by atoms with Crippen molar-refractivity contribution in [2.24, 2.45) is 0 Å². The van der Waals surface area contributed by atoms with Crippen molar-refractivity contribution in [3.8, 4) is 0 Å². The van der Waals surface area contributed by atoms with Gasteiger partial charge in [0.05, 0.1) is 10.6 Å². The van der Waals surface area contributed by atoms with E-state index in [-0.39, 0.29) is 11.9 Å². The van der Waals surface area contributed by atoms with Crippen LogP contribution in [-0.2, 0) is 4.74 Å². The van der Waals surface area contributed by atoms with E-state index in [0.717, 1.165) is 0 Å². The Balaban J connectivity index is 2.81. The summed E-state index contributed by atoms with van der Waals surface area (Å²) in [7, 11) is 0. The van der Waals surface area contributed by atoms with Crippen LogP contribution in [0, 0.1) is 12.7 Å². The topological polar surface area (TPSA) is 38.3 Å². The number of hydrogen-bond acceptors (Lipinski definition) is 2. The molecule has 0 atom stereocenters. The summed E-state index contributed by atoms with van der Waals surface area (Å²) in [5, 5.41) is 2.55. The van der Waals surface area contributed by atoms with Crippen molar-refractivity contribution in [1.82, 2.24) is 0 Å². The zero-order chi connectivity index (χ0) is 12.3. The first-order chi connectivity index (χ1) is 7.40. The van der Waals surface area contributed by atoms with Crippen LogP contribution in [0.1, 0.15) is 19.4 Å². The molecule has 3 nitrogen and oxygen atoms in total. The highest BCUT2D eigenvalue weighted by molar-refractivity contribution is 9.10. The standard InChI is InChI=1S/C11H13BrFNO2/c1-6(2)16-11(15)14-10-5-8(12)9(13)4-7(10)3/h4-6H,1-3H3,(H,14,15). The van der Waals surface area contributed by atoms with E-state index in [4.69, 9.17) is 4.74 Å².